The van der Waals surface area contributed by atoms with E-state index in [9.17, 15) is 19.5 Å². The van der Waals surface area contributed by atoms with Gasteiger partial charge in [0.05, 0.1) is 18.4 Å². The van der Waals surface area contributed by atoms with Gasteiger partial charge in [-0.3, -0.25) is 9.59 Å². The van der Waals surface area contributed by atoms with Gasteiger partial charge in [-0.05, 0) is 66.9 Å². The van der Waals surface area contributed by atoms with E-state index in [-0.39, 0.29) is 36.8 Å². The molecule has 0 aliphatic heterocycles. The maximum atomic E-state index is 13.5. The molecule has 0 radical (unpaired) electrons. The molecule has 3 fully saturated rings. The highest BCUT2D eigenvalue weighted by atomic mass is 16.5. The number of para-hydroxylation sites is 1. The van der Waals surface area contributed by atoms with Crippen molar-refractivity contribution in [3.05, 3.63) is 47.7 Å². The van der Waals surface area contributed by atoms with Gasteiger partial charge < -0.3 is 19.6 Å². The number of rotatable bonds is 8. The number of allylic oxidation sites excluding steroid dienone is 1. The van der Waals surface area contributed by atoms with E-state index in [1.54, 1.807) is 0 Å². The minimum absolute atomic E-state index is 0.0244. The molecule has 2 aromatic rings. The number of esters is 1. The Hall–Kier alpha value is -2.89. The number of aromatic nitrogens is 1. The number of carboxylic acid groups (broad SMARTS) is 1. The summed E-state index contributed by atoms with van der Waals surface area (Å²) in [7, 11) is 0. The van der Waals surface area contributed by atoms with E-state index in [1.165, 1.54) is 0 Å². The van der Waals surface area contributed by atoms with Crippen LogP contribution in [-0.2, 0) is 25.5 Å². The van der Waals surface area contributed by atoms with Gasteiger partial charge in [0.25, 0.3) is 0 Å². The molecule has 1 heterocycles. The Morgan fingerprint density at radius 2 is 2.00 bits per heavy atom. The molecule has 0 amide bonds. The van der Waals surface area contributed by atoms with Gasteiger partial charge in [-0.1, -0.05) is 57.0 Å². The van der Waals surface area contributed by atoms with Crippen molar-refractivity contribution in [2.24, 2.45) is 45.8 Å². The summed E-state index contributed by atoms with van der Waals surface area (Å²) in [6, 6.07) is 7.86. The van der Waals surface area contributed by atoms with Gasteiger partial charge in [-0.15, -0.1) is 0 Å². The standard InChI is InChI=1S/C31H37NO5/c1-18(2)25-13-21-14-30(17-33)24-9-8-19(3)23(24)15-29(21,31(25,30)28(35)36)10-11-37-27(34)12-20-16-32-26-7-5-4-6-22(20)26/h4-7,13,16-19,21,23-24,32H,8-12,14-15H2,1-3H3,(H,35,36)/t19-,21?,23?,24?,29?,30?,31?/m1/s1. The third-order valence-electron chi connectivity index (χ3n) is 10.9. The van der Waals surface area contributed by atoms with Crippen molar-refractivity contribution in [2.75, 3.05) is 6.61 Å². The van der Waals surface area contributed by atoms with Crippen LogP contribution in [-0.4, -0.2) is 34.9 Å². The molecule has 0 saturated heterocycles. The molecule has 4 aliphatic carbocycles. The topological polar surface area (TPSA) is 96.5 Å². The third kappa shape index (κ3) is 2.96. The zero-order chi connectivity index (χ0) is 26.2. The number of aliphatic carboxylic acids is 1. The highest BCUT2D eigenvalue weighted by Gasteiger charge is 2.83. The Labute approximate surface area is 217 Å². The van der Waals surface area contributed by atoms with Gasteiger partial charge in [-0.2, -0.15) is 0 Å². The van der Waals surface area contributed by atoms with E-state index >= 15 is 0 Å². The summed E-state index contributed by atoms with van der Waals surface area (Å²) in [6.07, 6.45) is 9.09. The summed E-state index contributed by atoms with van der Waals surface area (Å²) >= 11 is 0. The van der Waals surface area contributed by atoms with Crippen LogP contribution < -0.4 is 0 Å². The molecule has 1 aromatic carbocycles. The average molecular weight is 504 g/mol. The Bertz CT molecular complexity index is 1310. The molecular weight excluding hydrogens is 466 g/mol. The van der Waals surface area contributed by atoms with Crippen LogP contribution in [0, 0.1) is 45.8 Å². The third-order valence-corrected chi connectivity index (χ3v) is 10.9. The van der Waals surface area contributed by atoms with Gasteiger partial charge in [0.1, 0.15) is 11.7 Å². The van der Waals surface area contributed by atoms with Crippen molar-refractivity contribution >= 4 is 29.1 Å². The smallest absolute Gasteiger partial charge is 0.315 e. The van der Waals surface area contributed by atoms with Crippen molar-refractivity contribution in [1.29, 1.82) is 0 Å². The normalized spacial score (nSPS) is 37.6. The van der Waals surface area contributed by atoms with Crippen LogP contribution in [0.3, 0.4) is 0 Å². The van der Waals surface area contributed by atoms with Gasteiger partial charge in [-0.25, -0.2) is 0 Å². The number of benzene rings is 1. The molecule has 196 valence electrons. The first kappa shape index (κ1) is 24.4. The average Bonchev–Trinajstić information content (AvgIpc) is 3.57. The molecule has 6 rings (SSSR count). The van der Waals surface area contributed by atoms with Crippen LogP contribution in [0.1, 0.15) is 58.4 Å². The van der Waals surface area contributed by atoms with Gasteiger partial charge in [0.15, 0.2) is 0 Å². The fraction of sp³-hybridized carbons (Fsp3) is 0.581. The van der Waals surface area contributed by atoms with Crippen LogP contribution in [0.4, 0.5) is 0 Å². The van der Waals surface area contributed by atoms with Crippen molar-refractivity contribution in [3.8, 4) is 0 Å². The zero-order valence-corrected chi connectivity index (χ0v) is 22.0. The highest BCUT2D eigenvalue weighted by Crippen LogP contribution is 2.83. The van der Waals surface area contributed by atoms with Crippen molar-refractivity contribution < 1.29 is 24.2 Å². The SMILES string of the molecule is CC(C)C1=CC2CC3(C=O)C4CC[C@@H](C)C4CC2(CCOC(=O)Cc2c[nH]c4ccccc24)C13C(=O)O. The first-order valence-electron chi connectivity index (χ1n) is 13.8. The number of carbonyl (C=O) groups is 3. The quantitative estimate of drug-likeness (QED) is 0.279. The van der Waals surface area contributed by atoms with E-state index in [0.29, 0.717) is 24.7 Å². The fourth-order valence-electron chi connectivity index (χ4n) is 9.67. The minimum atomic E-state index is -1.21. The lowest BCUT2D eigenvalue weighted by atomic mass is 9.42. The number of hydrogen-bond acceptors (Lipinski definition) is 4. The fourth-order valence-corrected chi connectivity index (χ4v) is 9.67. The van der Waals surface area contributed by atoms with Crippen molar-refractivity contribution in [2.45, 2.75) is 59.3 Å². The maximum absolute atomic E-state index is 13.5. The summed E-state index contributed by atoms with van der Waals surface area (Å²) in [4.78, 5) is 42.7. The van der Waals surface area contributed by atoms with Crippen LogP contribution in [0.5, 0.6) is 0 Å². The molecule has 6 nitrogen and oxygen atoms in total. The van der Waals surface area contributed by atoms with E-state index in [4.69, 9.17) is 4.74 Å². The molecule has 6 heteroatoms. The summed E-state index contributed by atoms with van der Waals surface area (Å²) in [6.45, 7) is 6.53. The Morgan fingerprint density at radius 3 is 2.73 bits per heavy atom. The van der Waals surface area contributed by atoms with Crippen molar-refractivity contribution in [1.82, 2.24) is 4.98 Å². The molecule has 0 spiro atoms. The van der Waals surface area contributed by atoms with Gasteiger partial charge >= 0.3 is 11.9 Å². The summed E-state index contributed by atoms with van der Waals surface area (Å²) in [5.74, 6) is -0.179. The minimum Gasteiger partial charge on any atom is -0.481 e. The number of carboxylic acids is 1. The van der Waals surface area contributed by atoms with Crippen molar-refractivity contribution in [3.63, 3.8) is 0 Å². The Morgan fingerprint density at radius 1 is 1.22 bits per heavy atom. The molecule has 7 atom stereocenters. The maximum Gasteiger partial charge on any atom is 0.315 e. The number of nitrogens with one attached hydrogen (secondary N) is 1. The lowest BCUT2D eigenvalue weighted by Gasteiger charge is -2.58. The lowest BCUT2D eigenvalue weighted by Crippen LogP contribution is -2.62. The van der Waals surface area contributed by atoms with E-state index < -0.39 is 22.2 Å². The number of H-pyrrole nitrogens is 1. The predicted molar refractivity (Wildman–Crippen MR) is 140 cm³/mol. The van der Waals surface area contributed by atoms with Crippen LogP contribution in [0.2, 0.25) is 0 Å². The van der Waals surface area contributed by atoms with Gasteiger partial charge in [0.2, 0.25) is 0 Å². The molecule has 4 aliphatic rings. The molecule has 6 unspecified atom stereocenters. The second kappa shape index (κ2) is 8.31. The number of ether oxygens (including phenoxy) is 1. The lowest BCUT2D eigenvalue weighted by molar-refractivity contribution is -0.182. The van der Waals surface area contributed by atoms with Crippen LogP contribution in [0.25, 0.3) is 10.9 Å². The second-order valence-corrected chi connectivity index (χ2v) is 12.5. The highest BCUT2D eigenvalue weighted by molar-refractivity contribution is 5.90. The largest absolute Gasteiger partial charge is 0.481 e. The first-order chi connectivity index (χ1) is 17.7. The Kier molecular flexibility index (Phi) is 5.49. The van der Waals surface area contributed by atoms with Gasteiger partial charge in [0, 0.05) is 22.5 Å². The molecule has 3 saturated carbocycles. The Balaban J connectivity index is 1.31. The van der Waals surface area contributed by atoms with E-state index in [2.05, 4.69) is 31.8 Å². The number of hydrogen-bond donors (Lipinski definition) is 2. The molecule has 1 aromatic heterocycles. The number of aromatic amines is 1. The number of aldehydes is 1. The number of carbonyl (C=O) groups excluding carboxylic acids is 2. The first-order valence-corrected chi connectivity index (χ1v) is 13.8. The van der Waals surface area contributed by atoms with E-state index in [0.717, 1.165) is 47.6 Å². The summed E-state index contributed by atoms with van der Waals surface area (Å²) in [5.41, 5.74) is 0.113. The molecule has 37 heavy (non-hydrogen) atoms. The molecule has 4 bridgehead atoms. The summed E-state index contributed by atoms with van der Waals surface area (Å²) < 4.78 is 5.80. The molecular formula is C31H37NO5. The van der Waals surface area contributed by atoms with Crippen LogP contribution >= 0.6 is 0 Å². The molecule has 2 N–H and O–H groups in total. The zero-order valence-electron chi connectivity index (χ0n) is 22.0. The second-order valence-electron chi connectivity index (χ2n) is 12.5. The summed E-state index contributed by atoms with van der Waals surface area (Å²) in [5, 5.41) is 12.0. The number of fused-ring (bicyclic) bond motifs is 3. The van der Waals surface area contributed by atoms with E-state index in [1.807, 2.05) is 30.5 Å². The predicted octanol–water partition coefficient (Wildman–Crippen LogP) is 5.57. The monoisotopic (exact) mass is 503 g/mol. The van der Waals surface area contributed by atoms with Crippen LogP contribution in [0.15, 0.2) is 42.1 Å².